The molecule has 182 valence electrons. The molecule has 2 saturated heterocycles. The molecule has 0 aliphatic carbocycles. The summed E-state index contributed by atoms with van der Waals surface area (Å²) in [5, 5.41) is 2.98. The fourth-order valence-electron chi connectivity index (χ4n) is 4.60. The molecule has 2 aliphatic rings. The van der Waals surface area contributed by atoms with E-state index in [9.17, 15) is 9.59 Å². The molecule has 1 unspecified atom stereocenters. The van der Waals surface area contributed by atoms with Crippen LogP contribution in [-0.2, 0) is 4.79 Å². The summed E-state index contributed by atoms with van der Waals surface area (Å²) in [6.45, 7) is 12.1. The number of hydrogen-bond acceptors (Lipinski definition) is 5. The van der Waals surface area contributed by atoms with Crippen molar-refractivity contribution in [3.05, 3.63) is 54.1 Å². The van der Waals surface area contributed by atoms with Crippen molar-refractivity contribution < 1.29 is 14.3 Å². The van der Waals surface area contributed by atoms with Crippen molar-refractivity contribution in [3.8, 4) is 5.75 Å². The van der Waals surface area contributed by atoms with Gasteiger partial charge in [-0.25, -0.2) is 0 Å². The standard InChI is InChI=1S/C27H36N4O3/c1-20(2)19-34-26-10-4-22(5-11-26)27(33)28-23-6-8-24(9-7-23)31-13-12-25(18-31)30-16-14-29(15-17-30)21(3)32/h4-11,20,25H,12-19H2,1-3H3,(H,28,33). The van der Waals surface area contributed by atoms with Crippen LogP contribution in [0.15, 0.2) is 48.5 Å². The molecule has 0 radical (unpaired) electrons. The molecular weight excluding hydrogens is 428 g/mol. The van der Waals surface area contributed by atoms with Crippen molar-refractivity contribution in [2.75, 3.05) is 56.1 Å². The summed E-state index contributed by atoms with van der Waals surface area (Å²) < 4.78 is 5.69. The van der Waals surface area contributed by atoms with Crippen molar-refractivity contribution in [1.82, 2.24) is 9.80 Å². The van der Waals surface area contributed by atoms with Gasteiger partial charge in [-0.15, -0.1) is 0 Å². The summed E-state index contributed by atoms with van der Waals surface area (Å²) in [4.78, 5) is 31.1. The molecule has 0 bridgehead atoms. The summed E-state index contributed by atoms with van der Waals surface area (Å²) in [5.41, 5.74) is 2.56. The largest absolute Gasteiger partial charge is 0.493 e. The molecule has 34 heavy (non-hydrogen) atoms. The number of nitrogens with one attached hydrogen (secondary N) is 1. The van der Waals surface area contributed by atoms with Gasteiger partial charge in [0.2, 0.25) is 5.91 Å². The summed E-state index contributed by atoms with van der Waals surface area (Å²) in [6, 6.07) is 15.9. The Kier molecular flexibility index (Phi) is 7.73. The first-order valence-corrected chi connectivity index (χ1v) is 12.3. The van der Waals surface area contributed by atoms with Crippen LogP contribution < -0.4 is 15.0 Å². The van der Waals surface area contributed by atoms with Crippen LogP contribution in [0, 0.1) is 5.92 Å². The maximum atomic E-state index is 12.6. The van der Waals surface area contributed by atoms with Gasteiger partial charge < -0.3 is 19.9 Å². The summed E-state index contributed by atoms with van der Waals surface area (Å²) in [6.07, 6.45) is 1.13. The minimum absolute atomic E-state index is 0.130. The molecule has 2 heterocycles. The zero-order valence-electron chi connectivity index (χ0n) is 20.5. The van der Waals surface area contributed by atoms with Gasteiger partial charge in [-0.1, -0.05) is 13.8 Å². The van der Waals surface area contributed by atoms with Crippen molar-refractivity contribution >= 4 is 23.2 Å². The van der Waals surface area contributed by atoms with Crippen LogP contribution in [0.2, 0.25) is 0 Å². The second-order valence-electron chi connectivity index (χ2n) is 9.66. The number of benzene rings is 2. The molecule has 1 atom stereocenters. The second-order valence-corrected chi connectivity index (χ2v) is 9.66. The van der Waals surface area contributed by atoms with Gasteiger partial charge in [-0.2, -0.15) is 0 Å². The Hall–Kier alpha value is -3.06. The Morgan fingerprint density at radius 2 is 1.65 bits per heavy atom. The number of piperazine rings is 1. The predicted octanol–water partition coefficient (Wildman–Crippen LogP) is 3.72. The van der Waals surface area contributed by atoms with Crippen LogP contribution in [0.25, 0.3) is 0 Å². The molecule has 0 aromatic heterocycles. The number of rotatable bonds is 7. The van der Waals surface area contributed by atoms with Gasteiger partial charge in [-0.3, -0.25) is 14.5 Å². The van der Waals surface area contributed by atoms with E-state index in [0.717, 1.165) is 57.1 Å². The highest BCUT2D eigenvalue weighted by molar-refractivity contribution is 6.04. The van der Waals surface area contributed by atoms with Gasteiger partial charge in [-0.05, 0) is 60.9 Å². The highest BCUT2D eigenvalue weighted by Gasteiger charge is 2.30. The minimum Gasteiger partial charge on any atom is -0.493 e. The van der Waals surface area contributed by atoms with E-state index in [1.54, 1.807) is 19.1 Å². The van der Waals surface area contributed by atoms with Gasteiger partial charge >= 0.3 is 0 Å². The number of ether oxygens (including phenoxy) is 1. The first-order valence-electron chi connectivity index (χ1n) is 12.3. The number of anilines is 2. The van der Waals surface area contributed by atoms with Gasteiger partial charge in [0.15, 0.2) is 0 Å². The fraction of sp³-hybridized carbons (Fsp3) is 0.481. The highest BCUT2D eigenvalue weighted by Crippen LogP contribution is 2.25. The molecule has 0 spiro atoms. The lowest BCUT2D eigenvalue weighted by Gasteiger charge is -2.37. The molecule has 0 saturated carbocycles. The average Bonchev–Trinajstić information content (AvgIpc) is 3.34. The number of amides is 2. The van der Waals surface area contributed by atoms with E-state index in [-0.39, 0.29) is 11.8 Å². The van der Waals surface area contributed by atoms with Gasteiger partial charge in [0.05, 0.1) is 6.61 Å². The lowest BCUT2D eigenvalue weighted by Crippen LogP contribution is -2.52. The zero-order valence-corrected chi connectivity index (χ0v) is 20.5. The van der Waals surface area contributed by atoms with Crippen LogP contribution in [0.3, 0.4) is 0 Å². The van der Waals surface area contributed by atoms with Crippen LogP contribution in [-0.4, -0.2) is 73.5 Å². The minimum atomic E-state index is -0.130. The summed E-state index contributed by atoms with van der Waals surface area (Å²) >= 11 is 0. The van der Waals surface area contributed by atoms with E-state index in [0.29, 0.717) is 24.1 Å². The Labute approximate surface area is 202 Å². The lowest BCUT2D eigenvalue weighted by molar-refractivity contribution is -0.130. The van der Waals surface area contributed by atoms with Gasteiger partial charge in [0.25, 0.3) is 5.91 Å². The third-order valence-electron chi connectivity index (χ3n) is 6.63. The Morgan fingerprint density at radius 1 is 0.971 bits per heavy atom. The maximum absolute atomic E-state index is 12.6. The molecule has 2 aromatic carbocycles. The van der Waals surface area contributed by atoms with E-state index in [2.05, 4.69) is 41.1 Å². The predicted molar refractivity (Wildman–Crippen MR) is 136 cm³/mol. The molecule has 2 aromatic rings. The lowest BCUT2D eigenvalue weighted by atomic mass is 10.2. The van der Waals surface area contributed by atoms with Crippen LogP contribution in [0.4, 0.5) is 11.4 Å². The third kappa shape index (κ3) is 6.08. The molecule has 2 aliphatic heterocycles. The number of nitrogens with zero attached hydrogens (tertiary/aromatic N) is 3. The van der Waals surface area contributed by atoms with Crippen LogP contribution in [0.1, 0.15) is 37.6 Å². The van der Waals surface area contributed by atoms with Crippen molar-refractivity contribution in [3.63, 3.8) is 0 Å². The Balaban J connectivity index is 1.27. The van der Waals surface area contributed by atoms with Gasteiger partial charge in [0.1, 0.15) is 5.75 Å². The fourth-order valence-corrected chi connectivity index (χ4v) is 4.60. The first-order chi connectivity index (χ1) is 16.4. The number of carbonyl (C=O) groups is 2. The average molecular weight is 465 g/mol. The number of hydrogen-bond donors (Lipinski definition) is 1. The van der Waals surface area contributed by atoms with Crippen LogP contribution >= 0.6 is 0 Å². The summed E-state index contributed by atoms with van der Waals surface area (Å²) in [7, 11) is 0. The molecule has 2 fully saturated rings. The first kappa shape index (κ1) is 24.1. The molecule has 4 rings (SSSR count). The van der Waals surface area contributed by atoms with Crippen molar-refractivity contribution in [2.24, 2.45) is 5.92 Å². The maximum Gasteiger partial charge on any atom is 0.255 e. The van der Waals surface area contributed by atoms with Crippen molar-refractivity contribution in [2.45, 2.75) is 33.2 Å². The summed E-state index contributed by atoms with van der Waals surface area (Å²) in [5.74, 6) is 1.28. The Bertz CT molecular complexity index is 966. The van der Waals surface area contributed by atoms with E-state index in [1.165, 1.54) is 5.69 Å². The third-order valence-corrected chi connectivity index (χ3v) is 6.63. The molecule has 1 N–H and O–H groups in total. The Morgan fingerprint density at radius 3 is 2.26 bits per heavy atom. The van der Waals surface area contributed by atoms with E-state index in [4.69, 9.17) is 4.74 Å². The molecule has 7 heteroatoms. The quantitative estimate of drug-likeness (QED) is 0.677. The molecule has 2 amide bonds. The monoisotopic (exact) mass is 464 g/mol. The van der Waals surface area contributed by atoms with E-state index < -0.39 is 0 Å². The normalized spacial score (nSPS) is 18.9. The number of carbonyl (C=O) groups excluding carboxylic acids is 2. The smallest absolute Gasteiger partial charge is 0.255 e. The van der Waals surface area contributed by atoms with Crippen LogP contribution in [0.5, 0.6) is 5.75 Å². The molecule has 7 nitrogen and oxygen atoms in total. The zero-order chi connectivity index (χ0) is 24.1. The van der Waals surface area contributed by atoms with Crippen molar-refractivity contribution in [1.29, 1.82) is 0 Å². The molecular formula is C27H36N4O3. The highest BCUT2D eigenvalue weighted by atomic mass is 16.5. The second kappa shape index (κ2) is 10.9. The van der Waals surface area contributed by atoms with E-state index in [1.807, 2.05) is 29.2 Å². The topological polar surface area (TPSA) is 65.1 Å². The van der Waals surface area contributed by atoms with E-state index >= 15 is 0 Å². The SMILES string of the molecule is CC(=O)N1CCN(C2CCN(c3ccc(NC(=O)c4ccc(OCC(C)C)cc4)cc3)C2)CC1. The van der Waals surface area contributed by atoms with Gasteiger partial charge in [0, 0.05) is 69.2 Å².